The number of nitrogens with zero attached hydrogens (tertiary/aromatic N) is 1. The third-order valence-corrected chi connectivity index (χ3v) is 20.5. The zero-order chi connectivity index (χ0) is 46.9. The fourth-order valence-electron chi connectivity index (χ4n) is 14.2. The molecule has 1 saturated heterocycles. The number of likely N-dealkylation sites (tertiary alicyclic amines) is 1. The van der Waals surface area contributed by atoms with E-state index in [1.165, 1.54) is 161 Å². The standard InChI is InChI=1S/C58H107N4O2P/c1-7-8-9-10-11-12-13-14-15-16-17-18-19-20-21-22-23-27-43-63-47-52(46-62-41-25-24-26-42-62)64-44-29-32-50-33-35-53(5)51(45-50)34-36-57(61)56(60)39-38-55(59,49(4)31-28-30-48(2)3)54(56,6)37-40-58(53,57)65/h11-12,14-15,34,48-50,52H,7-10,13,16-33,35-47,59-61,65H2,1-6H3/b12-11-,15-14-/t49-,50+,52?,53+,54-,55+,56+,57?,58+/m1/s1. The van der Waals surface area contributed by atoms with Gasteiger partial charge in [-0.25, -0.2) is 0 Å². The van der Waals surface area contributed by atoms with Gasteiger partial charge < -0.3 is 31.6 Å². The van der Waals surface area contributed by atoms with E-state index in [0.717, 1.165) is 77.2 Å². The molecule has 3 saturated carbocycles. The molecule has 6 N–H and O–H groups in total. The van der Waals surface area contributed by atoms with E-state index in [9.17, 15) is 0 Å². The second-order valence-electron chi connectivity index (χ2n) is 23.7. The van der Waals surface area contributed by atoms with Gasteiger partial charge in [0.2, 0.25) is 0 Å². The predicted octanol–water partition coefficient (Wildman–Crippen LogP) is 14.1. The van der Waals surface area contributed by atoms with E-state index in [0.29, 0.717) is 11.8 Å². The Bertz CT molecular complexity index is 1460. The quantitative estimate of drug-likeness (QED) is 0.0364. The van der Waals surface area contributed by atoms with Crippen LogP contribution in [0.15, 0.2) is 36.0 Å². The molecule has 0 spiro atoms. The Hall–Kier alpha value is -0.590. The molecule has 0 aromatic carbocycles. The van der Waals surface area contributed by atoms with Crippen LogP contribution < -0.4 is 17.2 Å². The van der Waals surface area contributed by atoms with Crippen LogP contribution >= 0.6 is 9.24 Å². The molecule has 5 aliphatic rings. The van der Waals surface area contributed by atoms with Crippen LogP contribution in [0.5, 0.6) is 0 Å². The van der Waals surface area contributed by atoms with Crippen LogP contribution in [0.2, 0.25) is 0 Å². The van der Waals surface area contributed by atoms with E-state index in [1.54, 1.807) is 5.57 Å². The summed E-state index contributed by atoms with van der Waals surface area (Å²) >= 11 is 0. The summed E-state index contributed by atoms with van der Waals surface area (Å²) < 4.78 is 13.0. The first-order valence-corrected chi connectivity index (χ1v) is 28.8. The maximum atomic E-state index is 7.92. The van der Waals surface area contributed by atoms with E-state index in [2.05, 4.69) is 86.1 Å². The first-order chi connectivity index (χ1) is 31.2. The Labute approximate surface area is 405 Å². The molecule has 0 aromatic rings. The van der Waals surface area contributed by atoms with Gasteiger partial charge in [-0.1, -0.05) is 148 Å². The fourth-order valence-corrected chi connectivity index (χ4v) is 15.1. The molecule has 4 aliphatic carbocycles. The maximum absolute atomic E-state index is 7.92. The van der Waals surface area contributed by atoms with Crippen LogP contribution in [-0.2, 0) is 9.47 Å². The molecule has 6 nitrogen and oxygen atoms in total. The van der Waals surface area contributed by atoms with E-state index < -0.39 is 11.1 Å². The molecule has 65 heavy (non-hydrogen) atoms. The number of ether oxygens (including phenoxy) is 2. The van der Waals surface area contributed by atoms with Gasteiger partial charge in [-0.05, 0) is 158 Å². The van der Waals surface area contributed by atoms with Gasteiger partial charge in [-0.15, -0.1) is 9.24 Å². The molecular weight excluding hydrogens is 816 g/mol. The minimum Gasteiger partial charge on any atom is -0.379 e. The highest BCUT2D eigenvalue weighted by Crippen LogP contribution is 2.73. The number of hydrogen-bond donors (Lipinski definition) is 3. The van der Waals surface area contributed by atoms with E-state index in [1.807, 2.05) is 0 Å². The molecule has 376 valence electrons. The molecule has 7 heteroatoms. The smallest absolute Gasteiger partial charge is 0.0934 e. The minimum absolute atomic E-state index is 0.0490. The van der Waals surface area contributed by atoms with Gasteiger partial charge in [-0.3, -0.25) is 0 Å². The number of unbranched alkanes of at least 4 members (excludes halogenated alkanes) is 11. The number of hydrogen-bond acceptors (Lipinski definition) is 6. The van der Waals surface area contributed by atoms with Crippen molar-refractivity contribution >= 4 is 9.24 Å². The lowest BCUT2D eigenvalue weighted by atomic mass is 9.40. The van der Waals surface area contributed by atoms with Crippen LogP contribution in [0, 0.1) is 28.6 Å². The third-order valence-electron chi connectivity index (χ3n) is 19.1. The van der Waals surface area contributed by atoms with E-state index in [4.69, 9.17) is 26.7 Å². The summed E-state index contributed by atoms with van der Waals surface area (Å²) in [5, 5.41) is -0.122. The van der Waals surface area contributed by atoms with Gasteiger partial charge in [0.05, 0.1) is 12.7 Å². The minimum atomic E-state index is -0.497. The molecule has 0 bridgehead atoms. The van der Waals surface area contributed by atoms with Crippen LogP contribution in [0.3, 0.4) is 0 Å². The Morgan fingerprint density at radius 2 is 1.42 bits per heavy atom. The van der Waals surface area contributed by atoms with Crippen molar-refractivity contribution in [2.24, 2.45) is 45.8 Å². The van der Waals surface area contributed by atoms with Crippen molar-refractivity contribution in [2.45, 2.75) is 262 Å². The topological polar surface area (TPSA) is 99.8 Å². The Balaban J connectivity index is 1.00. The van der Waals surface area contributed by atoms with Gasteiger partial charge in [0, 0.05) is 46.9 Å². The monoisotopic (exact) mass is 923 g/mol. The van der Waals surface area contributed by atoms with Gasteiger partial charge in [0.25, 0.3) is 0 Å². The highest BCUT2D eigenvalue weighted by atomic mass is 31.0. The lowest BCUT2D eigenvalue weighted by molar-refractivity contribution is -0.0781. The number of fused-ring (bicyclic) bond motifs is 5. The van der Waals surface area contributed by atoms with Crippen molar-refractivity contribution < 1.29 is 9.47 Å². The number of piperidine rings is 1. The Kier molecular flexibility index (Phi) is 22.6. The summed E-state index contributed by atoms with van der Waals surface area (Å²) in [6, 6.07) is 0. The Morgan fingerprint density at radius 3 is 2.11 bits per heavy atom. The van der Waals surface area contributed by atoms with Crippen LogP contribution in [0.25, 0.3) is 0 Å². The van der Waals surface area contributed by atoms with Crippen LogP contribution in [0.4, 0.5) is 0 Å². The summed E-state index contributed by atoms with van der Waals surface area (Å²) in [5.41, 5.74) is 23.7. The van der Waals surface area contributed by atoms with Gasteiger partial charge in [0.1, 0.15) is 0 Å². The van der Waals surface area contributed by atoms with Gasteiger partial charge in [0.15, 0.2) is 0 Å². The lowest BCUT2D eigenvalue weighted by Crippen LogP contribution is -2.86. The third kappa shape index (κ3) is 13.4. The molecule has 0 radical (unpaired) electrons. The van der Waals surface area contributed by atoms with Gasteiger partial charge in [-0.2, -0.15) is 0 Å². The van der Waals surface area contributed by atoms with E-state index >= 15 is 0 Å². The van der Waals surface area contributed by atoms with E-state index in [-0.39, 0.29) is 27.6 Å². The fraction of sp³-hybridized carbons (Fsp3) is 0.897. The van der Waals surface area contributed by atoms with Crippen molar-refractivity contribution in [1.29, 1.82) is 0 Å². The first kappa shape index (κ1) is 55.3. The average Bonchev–Trinajstić information content (AvgIpc) is 3.51. The molecule has 4 fully saturated rings. The average molecular weight is 923 g/mol. The second-order valence-corrected chi connectivity index (χ2v) is 24.7. The molecular formula is C58H107N4O2P. The molecule has 3 unspecified atom stereocenters. The summed E-state index contributed by atoms with van der Waals surface area (Å²) in [7, 11) is 3.43. The van der Waals surface area contributed by atoms with Crippen molar-refractivity contribution in [2.75, 3.05) is 39.5 Å². The second kappa shape index (κ2) is 26.6. The van der Waals surface area contributed by atoms with Crippen molar-refractivity contribution in [1.82, 2.24) is 4.90 Å². The van der Waals surface area contributed by atoms with Gasteiger partial charge >= 0.3 is 0 Å². The predicted molar refractivity (Wildman–Crippen MR) is 284 cm³/mol. The number of rotatable bonds is 31. The highest BCUT2D eigenvalue weighted by Gasteiger charge is 2.78. The first-order valence-electron chi connectivity index (χ1n) is 28.3. The highest BCUT2D eigenvalue weighted by molar-refractivity contribution is 7.19. The van der Waals surface area contributed by atoms with Crippen LogP contribution in [-0.4, -0.2) is 72.2 Å². The largest absolute Gasteiger partial charge is 0.379 e. The molecule has 0 amide bonds. The van der Waals surface area contributed by atoms with Crippen molar-refractivity contribution in [3.63, 3.8) is 0 Å². The molecule has 10 atom stereocenters. The number of nitrogens with two attached hydrogens (primary N) is 3. The molecule has 1 heterocycles. The summed E-state index contributed by atoms with van der Waals surface area (Å²) in [6.07, 6.45) is 49.1. The summed E-state index contributed by atoms with van der Waals surface area (Å²) in [5.74, 6) is 1.89. The summed E-state index contributed by atoms with van der Waals surface area (Å²) in [6.45, 7) is 20.2. The molecule has 0 aromatic heterocycles. The summed E-state index contributed by atoms with van der Waals surface area (Å²) in [4.78, 5) is 2.63. The zero-order valence-corrected chi connectivity index (χ0v) is 44.9. The Morgan fingerprint density at radius 1 is 0.738 bits per heavy atom. The molecule has 1 aliphatic heterocycles. The maximum Gasteiger partial charge on any atom is 0.0934 e. The zero-order valence-electron chi connectivity index (χ0n) is 43.7. The normalized spacial score (nSPS) is 34.0. The molecule has 5 rings (SSSR count). The number of allylic oxidation sites excluding steroid dienone is 5. The lowest BCUT2D eigenvalue weighted by Gasteiger charge is -2.73. The van der Waals surface area contributed by atoms with Crippen LogP contribution in [0.1, 0.15) is 234 Å². The van der Waals surface area contributed by atoms with Crippen molar-refractivity contribution in [3.8, 4) is 0 Å². The van der Waals surface area contributed by atoms with Crippen molar-refractivity contribution in [3.05, 3.63) is 36.0 Å². The SMILES string of the molecule is CCCCC/C=C\C/C=C\CCCCCCCCCCOCC(CN1CCCCC1)OCCC[C@H]1CC[C@@]2(C)C(=CCC3(N)[C@]4(N)CC[C@](N)([C@H](C)CCCC(C)C)[C@@]4(C)CC[C@@]32P)C1.